The van der Waals surface area contributed by atoms with E-state index in [9.17, 15) is 0 Å². The molecular formula is C11H16N4. The van der Waals surface area contributed by atoms with E-state index in [1.165, 1.54) is 5.56 Å². The molecule has 2 aromatic rings. The van der Waals surface area contributed by atoms with Gasteiger partial charge in [-0.1, -0.05) is 6.07 Å². The summed E-state index contributed by atoms with van der Waals surface area (Å²) < 4.78 is 1.85. The molecule has 0 aliphatic carbocycles. The van der Waals surface area contributed by atoms with E-state index in [0.717, 1.165) is 30.9 Å². The summed E-state index contributed by atoms with van der Waals surface area (Å²) in [5.41, 5.74) is 2.14. The first-order valence-corrected chi connectivity index (χ1v) is 5.27. The molecule has 0 fully saturated rings. The lowest BCUT2D eigenvalue weighted by Crippen LogP contribution is -2.08. The molecule has 4 heteroatoms. The lowest BCUT2D eigenvalue weighted by Gasteiger charge is -1.93. The number of rotatable bonds is 4. The van der Waals surface area contributed by atoms with Crippen molar-refractivity contribution in [1.82, 2.24) is 19.9 Å². The molecule has 1 N–H and O–H groups in total. The van der Waals surface area contributed by atoms with E-state index in [2.05, 4.69) is 28.4 Å². The van der Waals surface area contributed by atoms with Crippen molar-refractivity contribution in [3.05, 3.63) is 29.7 Å². The van der Waals surface area contributed by atoms with Crippen LogP contribution in [0.2, 0.25) is 0 Å². The molecule has 4 nitrogen and oxygen atoms in total. The summed E-state index contributed by atoms with van der Waals surface area (Å²) in [6.45, 7) is 3.07. The van der Waals surface area contributed by atoms with E-state index in [-0.39, 0.29) is 0 Å². The largest absolute Gasteiger partial charge is 0.320 e. The van der Waals surface area contributed by atoms with Crippen molar-refractivity contribution in [2.24, 2.45) is 0 Å². The summed E-state index contributed by atoms with van der Waals surface area (Å²) in [5.74, 6) is 0.930. The topological polar surface area (TPSA) is 42.2 Å². The second-order valence-corrected chi connectivity index (χ2v) is 3.69. The average molecular weight is 204 g/mol. The Bertz CT molecular complexity index is 447. The van der Waals surface area contributed by atoms with Gasteiger partial charge in [0, 0.05) is 12.6 Å². The van der Waals surface area contributed by atoms with Crippen LogP contribution in [-0.2, 0) is 6.42 Å². The summed E-state index contributed by atoms with van der Waals surface area (Å²) in [6, 6.07) is 4.05. The molecule has 15 heavy (non-hydrogen) atoms. The molecule has 2 heterocycles. The van der Waals surface area contributed by atoms with Gasteiger partial charge in [-0.2, -0.15) is 5.10 Å². The van der Waals surface area contributed by atoms with Crippen LogP contribution in [0.4, 0.5) is 0 Å². The minimum Gasteiger partial charge on any atom is -0.320 e. The van der Waals surface area contributed by atoms with E-state index in [1.54, 1.807) is 0 Å². The number of aryl methyl sites for hydroxylation is 2. The molecule has 2 rings (SSSR count). The van der Waals surface area contributed by atoms with Gasteiger partial charge < -0.3 is 5.32 Å². The van der Waals surface area contributed by atoms with Crippen molar-refractivity contribution in [2.45, 2.75) is 19.8 Å². The fourth-order valence-electron chi connectivity index (χ4n) is 1.61. The maximum atomic E-state index is 4.51. The summed E-state index contributed by atoms with van der Waals surface area (Å²) in [6.07, 6.45) is 3.95. The highest BCUT2D eigenvalue weighted by Gasteiger charge is 2.04. The van der Waals surface area contributed by atoms with Gasteiger partial charge in [0.25, 0.3) is 0 Å². The minimum absolute atomic E-state index is 0.930. The van der Waals surface area contributed by atoms with Crippen LogP contribution in [0.1, 0.15) is 17.8 Å². The van der Waals surface area contributed by atoms with Crippen molar-refractivity contribution in [3.8, 4) is 0 Å². The zero-order valence-electron chi connectivity index (χ0n) is 9.20. The molecule has 0 aliphatic rings. The van der Waals surface area contributed by atoms with Gasteiger partial charge in [-0.05, 0) is 38.6 Å². The number of nitrogens with zero attached hydrogens (tertiary/aromatic N) is 3. The van der Waals surface area contributed by atoms with E-state index >= 15 is 0 Å². The third kappa shape index (κ3) is 2.15. The van der Waals surface area contributed by atoms with E-state index < -0.39 is 0 Å². The fraction of sp³-hybridized carbons (Fsp3) is 0.455. The van der Waals surface area contributed by atoms with Crippen LogP contribution in [0.15, 0.2) is 18.3 Å². The first-order valence-electron chi connectivity index (χ1n) is 5.27. The van der Waals surface area contributed by atoms with E-state index in [0.29, 0.717) is 0 Å². The Morgan fingerprint density at radius 3 is 3.07 bits per heavy atom. The summed E-state index contributed by atoms with van der Waals surface area (Å²) in [5, 5.41) is 7.54. The van der Waals surface area contributed by atoms with E-state index in [1.807, 2.05) is 23.8 Å². The van der Waals surface area contributed by atoms with Gasteiger partial charge in [-0.25, -0.2) is 9.50 Å². The molecule has 80 valence electrons. The molecule has 0 spiro atoms. The Balaban J connectivity index is 2.20. The van der Waals surface area contributed by atoms with E-state index in [4.69, 9.17) is 0 Å². The van der Waals surface area contributed by atoms with Crippen LogP contribution in [-0.4, -0.2) is 28.2 Å². The van der Waals surface area contributed by atoms with Crippen LogP contribution < -0.4 is 5.32 Å². The van der Waals surface area contributed by atoms with Crippen LogP contribution in [0.5, 0.6) is 0 Å². The molecule has 0 saturated heterocycles. The molecular weight excluding hydrogens is 188 g/mol. The Morgan fingerprint density at radius 1 is 1.47 bits per heavy atom. The molecule has 2 aromatic heterocycles. The first-order chi connectivity index (χ1) is 7.31. The van der Waals surface area contributed by atoms with Crippen molar-refractivity contribution in [1.29, 1.82) is 0 Å². The average Bonchev–Trinajstić information content (AvgIpc) is 2.63. The smallest absolute Gasteiger partial charge is 0.158 e. The monoisotopic (exact) mass is 204 g/mol. The van der Waals surface area contributed by atoms with Crippen LogP contribution in [0.25, 0.3) is 5.65 Å². The minimum atomic E-state index is 0.930. The maximum absolute atomic E-state index is 4.51. The summed E-state index contributed by atoms with van der Waals surface area (Å²) in [4.78, 5) is 4.51. The van der Waals surface area contributed by atoms with Crippen molar-refractivity contribution in [3.63, 3.8) is 0 Å². The zero-order chi connectivity index (χ0) is 10.7. The summed E-state index contributed by atoms with van der Waals surface area (Å²) in [7, 11) is 1.96. The quantitative estimate of drug-likeness (QED) is 0.761. The zero-order valence-corrected chi connectivity index (χ0v) is 9.20. The van der Waals surface area contributed by atoms with Crippen molar-refractivity contribution < 1.29 is 0 Å². The Kier molecular flexibility index (Phi) is 2.97. The number of fused-ring (bicyclic) bond motifs is 1. The Labute approximate surface area is 89.3 Å². The Morgan fingerprint density at radius 2 is 2.33 bits per heavy atom. The fourth-order valence-corrected chi connectivity index (χ4v) is 1.61. The molecule has 0 aliphatic heterocycles. The van der Waals surface area contributed by atoms with Crippen LogP contribution in [0, 0.1) is 6.92 Å². The highest BCUT2D eigenvalue weighted by molar-refractivity contribution is 5.45. The third-order valence-corrected chi connectivity index (χ3v) is 2.43. The summed E-state index contributed by atoms with van der Waals surface area (Å²) >= 11 is 0. The van der Waals surface area contributed by atoms with Gasteiger partial charge >= 0.3 is 0 Å². The number of nitrogens with one attached hydrogen (secondary N) is 1. The first kappa shape index (κ1) is 10.1. The van der Waals surface area contributed by atoms with Crippen molar-refractivity contribution in [2.75, 3.05) is 13.6 Å². The maximum Gasteiger partial charge on any atom is 0.158 e. The van der Waals surface area contributed by atoms with Crippen LogP contribution >= 0.6 is 0 Å². The van der Waals surface area contributed by atoms with Gasteiger partial charge in [-0.3, -0.25) is 0 Å². The molecule has 0 amide bonds. The molecule has 0 bridgehead atoms. The SMILES string of the molecule is CNCCCc1nc2c(C)cccn2n1. The molecule has 0 radical (unpaired) electrons. The number of hydrogen-bond acceptors (Lipinski definition) is 3. The van der Waals surface area contributed by atoms with Gasteiger partial charge in [0.15, 0.2) is 11.5 Å². The molecule has 0 unspecified atom stereocenters. The highest BCUT2D eigenvalue weighted by Crippen LogP contribution is 2.07. The molecule has 0 aromatic carbocycles. The second-order valence-electron chi connectivity index (χ2n) is 3.69. The number of pyridine rings is 1. The van der Waals surface area contributed by atoms with Gasteiger partial charge in [-0.15, -0.1) is 0 Å². The lowest BCUT2D eigenvalue weighted by atomic mass is 10.3. The van der Waals surface area contributed by atoms with Crippen LogP contribution in [0.3, 0.4) is 0 Å². The predicted octanol–water partition coefficient (Wildman–Crippen LogP) is 1.19. The predicted molar refractivity (Wildman–Crippen MR) is 60.0 cm³/mol. The van der Waals surface area contributed by atoms with Gasteiger partial charge in [0.05, 0.1) is 0 Å². The standard InChI is InChI=1S/C11H16N4/c1-9-5-4-8-15-11(9)13-10(14-15)6-3-7-12-2/h4-5,8,12H,3,6-7H2,1-2H3. The third-order valence-electron chi connectivity index (χ3n) is 2.43. The Hall–Kier alpha value is -1.42. The van der Waals surface area contributed by atoms with Crippen molar-refractivity contribution >= 4 is 5.65 Å². The molecule has 0 saturated carbocycles. The molecule has 0 atom stereocenters. The lowest BCUT2D eigenvalue weighted by molar-refractivity contribution is 0.701. The number of aromatic nitrogens is 3. The normalized spacial score (nSPS) is 11.1. The number of hydrogen-bond donors (Lipinski definition) is 1. The second kappa shape index (κ2) is 4.40. The van der Waals surface area contributed by atoms with Gasteiger partial charge in [0.1, 0.15) is 0 Å². The van der Waals surface area contributed by atoms with Gasteiger partial charge in [0.2, 0.25) is 0 Å². The highest BCUT2D eigenvalue weighted by atomic mass is 15.3.